The number of fused-ring (bicyclic) bond motifs is 1. The highest BCUT2D eigenvalue weighted by molar-refractivity contribution is 5.98. The number of aromatic nitrogens is 1. The van der Waals surface area contributed by atoms with Crippen LogP contribution in [0.4, 0.5) is 22.1 Å². The highest BCUT2D eigenvalue weighted by atomic mass is 16.5. The van der Waals surface area contributed by atoms with Crippen LogP contribution >= 0.6 is 0 Å². The normalized spacial score (nSPS) is 16.3. The molecule has 1 atom stereocenters. The Bertz CT molecular complexity index is 953. The second-order valence-electron chi connectivity index (χ2n) is 6.36. The Morgan fingerprint density at radius 1 is 1.07 bits per heavy atom. The van der Waals surface area contributed by atoms with Gasteiger partial charge < -0.3 is 19.5 Å². The van der Waals surface area contributed by atoms with Crippen molar-refractivity contribution in [3.63, 3.8) is 0 Å². The average molecular weight is 364 g/mol. The first-order valence-electron chi connectivity index (χ1n) is 8.56. The van der Waals surface area contributed by atoms with Crippen molar-refractivity contribution >= 4 is 23.3 Å². The van der Waals surface area contributed by atoms with E-state index in [0.717, 1.165) is 17.0 Å². The van der Waals surface area contributed by atoms with E-state index in [9.17, 15) is 4.79 Å². The molecule has 1 aromatic heterocycles. The van der Waals surface area contributed by atoms with Crippen molar-refractivity contribution in [3.05, 3.63) is 65.9 Å². The van der Waals surface area contributed by atoms with Gasteiger partial charge >= 0.3 is 6.03 Å². The van der Waals surface area contributed by atoms with E-state index in [0.29, 0.717) is 17.3 Å². The molecule has 1 aliphatic rings. The minimum absolute atomic E-state index is 0.127. The zero-order valence-corrected chi connectivity index (χ0v) is 15.3. The monoisotopic (exact) mass is 364 g/mol. The molecule has 27 heavy (non-hydrogen) atoms. The second kappa shape index (κ2) is 6.68. The quantitative estimate of drug-likeness (QED) is 0.757. The minimum Gasteiger partial charge on any atom is -0.497 e. The van der Waals surface area contributed by atoms with Crippen LogP contribution in [0.15, 0.2) is 59.1 Å². The van der Waals surface area contributed by atoms with Crippen LogP contribution < -0.4 is 15.0 Å². The molecule has 0 fully saturated rings. The summed E-state index contributed by atoms with van der Waals surface area (Å²) in [5, 5.41) is 7.49. The molecule has 0 saturated heterocycles. The SMILES string of the molecule is COc1ccc(Nc2onc3c2N(C)C(=O)N(C)C3c2ccccc2)cc1. The van der Waals surface area contributed by atoms with Crippen molar-refractivity contribution in [2.75, 3.05) is 31.4 Å². The van der Waals surface area contributed by atoms with E-state index in [1.54, 1.807) is 31.0 Å². The molecule has 0 bridgehead atoms. The van der Waals surface area contributed by atoms with Crippen LogP contribution in [-0.4, -0.2) is 37.3 Å². The predicted octanol–water partition coefficient (Wildman–Crippen LogP) is 4.02. The average Bonchev–Trinajstić information content (AvgIpc) is 3.11. The molecule has 0 saturated carbocycles. The van der Waals surface area contributed by atoms with Crippen LogP contribution in [0.5, 0.6) is 5.75 Å². The number of hydrogen-bond acceptors (Lipinski definition) is 5. The number of amides is 2. The Balaban J connectivity index is 1.74. The fraction of sp³-hybridized carbons (Fsp3) is 0.200. The lowest BCUT2D eigenvalue weighted by Gasteiger charge is -2.36. The smallest absolute Gasteiger partial charge is 0.325 e. The molecule has 0 aliphatic carbocycles. The van der Waals surface area contributed by atoms with Crippen molar-refractivity contribution in [3.8, 4) is 5.75 Å². The van der Waals surface area contributed by atoms with E-state index >= 15 is 0 Å². The summed E-state index contributed by atoms with van der Waals surface area (Å²) in [5.41, 5.74) is 3.13. The van der Waals surface area contributed by atoms with Gasteiger partial charge in [-0.1, -0.05) is 35.5 Å². The molecule has 2 amide bonds. The van der Waals surface area contributed by atoms with Gasteiger partial charge in [-0.15, -0.1) is 0 Å². The van der Waals surface area contributed by atoms with Crippen molar-refractivity contribution < 1.29 is 14.1 Å². The summed E-state index contributed by atoms with van der Waals surface area (Å²) >= 11 is 0. The largest absolute Gasteiger partial charge is 0.497 e. The molecule has 3 aromatic rings. The summed E-state index contributed by atoms with van der Waals surface area (Å²) in [6.07, 6.45) is 0. The lowest BCUT2D eigenvalue weighted by atomic mass is 9.99. The van der Waals surface area contributed by atoms with E-state index in [4.69, 9.17) is 9.26 Å². The number of nitrogens with one attached hydrogen (secondary N) is 1. The fourth-order valence-corrected chi connectivity index (χ4v) is 3.33. The number of carbonyl (C=O) groups is 1. The van der Waals surface area contributed by atoms with Gasteiger partial charge in [0.1, 0.15) is 23.2 Å². The van der Waals surface area contributed by atoms with E-state index in [1.165, 1.54) is 0 Å². The molecule has 0 spiro atoms. The predicted molar refractivity (Wildman–Crippen MR) is 103 cm³/mol. The summed E-state index contributed by atoms with van der Waals surface area (Å²) in [5.74, 6) is 1.19. The Labute approximate surface area is 157 Å². The van der Waals surface area contributed by atoms with Crippen LogP contribution in [0.25, 0.3) is 0 Å². The maximum atomic E-state index is 12.8. The highest BCUT2D eigenvalue weighted by Crippen LogP contribution is 2.43. The zero-order valence-electron chi connectivity index (χ0n) is 15.3. The number of benzene rings is 2. The lowest BCUT2D eigenvalue weighted by Crippen LogP contribution is -2.46. The third-order valence-electron chi connectivity index (χ3n) is 4.73. The molecule has 1 unspecified atom stereocenters. The number of anilines is 3. The van der Waals surface area contributed by atoms with Crippen molar-refractivity contribution in [2.45, 2.75) is 6.04 Å². The molecule has 0 radical (unpaired) electrons. The van der Waals surface area contributed by atoms with Gasteiger partial charge in [0.25, 0.3) is 5.88 Å². The number of urea groups is 1. The maximum absolute atomic E-state index is 12.8. The van der Waals surface area contributed by atoms with Gasteiger partial charge in [0.2, 0.25) is 0 Å². The Hall–Kier alpha value is -3.48. The summed E-state index contributed by atoms with van der Waals surface area (Å²) in [6.45, 7) is 0. The van der Waals surface area contributed by atoms with E-state index in [1.807, 2.05) is 54.6 Å². The fourth-order valence-electron chi connectivity index (χ4n) is 3.33. The van der Waals surface area contributed by atoms with Crippen LogP contribution in [0.1, 0.15) is 17.3 Å². The summed E-state index contributed by atoms with van der Waals surface area (Å²) < 4.78 is 10.8. The topological polar surface area (TPSA) is 70.8 Å². The number of rotatable bonds is 4. The first-order valence-corrected chi connectivity index (χ1v) is 8.56. The molecule has 4 rings (SSSR count). The molecule has 7 heteroatoms. The van der Waals surface area contributed by atoms with Gasteiger partial charge in [0.05, 0.1) is 7.11 Å². The molecule has 7 nitrogen and oxygen atoms in total. The lowest BCUT2D eigenvalue weighted by molar-refractivity contribution is 0.201. The van der Waals surface area contributed by atoms with Crippen LogP contribution in [0.3, 0.4) is 0 Å². The molecular formula is C20H20N4O3. The van der Waals surface area contributed by atoms with Crippen LogP contribution in [-0.2, 0) is 0 Å². The molecule has 2 aromatic carbocycles. The Morgan fingerprint density at radius 3 is 2.44 bits per heavy atom. The van der Waals surface area contributed by atoms with E-state index < -0.39 is 0 Å². The van der Waals surface area contributed by atoms with Crippen LogP contribution in [0, 0.1) is 0 Å². The third kappa shape index (κ3) is 2.87. The Kier molecular flexibility index (Phi) is 4.19. The molecule has 138 valence electrons. The number of ether oxygens (including phenoxy) is 1. The molecule has 1 N–H and O–H groups in total. The van der Waals surface area contributed by atoms with E-state index in [-0.39, 0.29) is 12.1 Å². The maximum Gasteiger partial charge on any atom is 0.325 e. The first kappa shape index (κ1) is 17.0. The van der Waals surface area contributed by atoms with Crippen molar-refractivity contribution in [1.82, 2.24) is 10.1 Å². The van der Waals surface area contributed by atoms with Crippen LogP contribution in [0.2, 0.25) is 0 Å². The number of carbonyl (C=O) groups excluding carboxylic acids is 1. The van der Waals surface area contributed by atoms with Gasteiger partial charge in [0, 0.05) is 19.8 Å². The van der Waals surface area contributed by atoms with Gasteiger partial charge in [-0.2, -0.15) is 0 Å². The van der Waals surface area contributed by atoms with Gasteiger partial charge in [-0.25, -0.2) is 4.79 Å². The first-order chi connectivity index (χ1) is 13.1. The van der Waals surface area contributed by atoms with E-state index in [2.05, 4.69) is 10.5 Å². The van der Waals surface area contributed by atoms with Gasteiger partial charge in [-0.05, 0) is 29.8 Å². The molecule has 1 aliphatic heterocycles. The van der Waals surface area contributed by atoms with Crippen molar-refractivity contribution in [2.24, 2.45) is 0 Å². The van der Waals surface area contributed by atoms with Gasteiger partial charge in [0.15, 0.2) is 0 Å². The minimum atomic E-state index is -0.305. The molecular weight excluding hydrogens is 344 g/mol. The standard InChI is InChI=1S/C20H20N4O3/c1-23-17(13-7-5-4-6-8-13)16-18(24(2)20(23)25)19(27-22-16)21-14-9-11-15(26-3)12-10-14/h4-12,17,21H,1-3H3. The summed E-state index contributed by atoms with van der Waals surface area (Å²) in [7, 11) is 5.11. The third-order valence-corrected chi connectivity index (χ3v) is 4.73. The summed E-state index contributed by atoms with van der Waals surface area (Å²) in [6, 6.07) is 16.8. The highest BCUT2D eigenvalue weighted by Gasteiger charge is 2.40. The Morgan fingerprint density at radius 2 is 1.78 bits per heavy atom. The zero-order chi connectivity index (χ0) is 19.0. The number of nitrogens with zero attached hydrogens (tertiary/aromatic N) is 3. The summed E-state index contributed by atoms with van der Waals surface area (Å²) in [4.78, 5) is 16.0. The number of hydrogen-bond donors (Lipinski definition) is 1. The number of methoxy groups -OCH3 is 1. The van der Waals surface area contributed by atoms with Crippen molar-refractivity contribution in [1.29, 1.82) is 0 Å². The second-order valence-corrected chi connectivity index (χ2v) is 6.36. The molecule has 2 heterocycles. The van der Waals surface area contributed by atoms with Gasteiger partial charge in [-0.3, -0.25) is 4.90 Å².